The molecular formula is C16H21N5. The molecule has 5 heteroatoms. The number of rotatable bonds is 3. The second kappa shape index (κ2) is 5.77. The SMILES string of the molecule is CC(C)c1nc(-c2ccncc2)cc(N2CCC(N)C2)n1. The lowest BCUT2D eigenvalue weighted by molar-refractivity contribution is 0.746. The fraction of sp³-hybridized carbons (Fsp3) is 0.438. The highest BCUT2D eigenvalue weighted by Crippen LogP contribution is 2.25. The maximum absolute atomic E-state index is 6.02. The number of nitrogens with zero attached hydrogens (tertiary/aromatic N) is 4. The summed E-state index contributed by atoms with van der Waals surface area (Å²) in [5.41, 5.74) is 8.04. The Hall–Kier alpha value is -2.01. The van der Waals surface area contributed by atoms with Gasteiger partial charge in [-0.1, -0.05) is 13.8 Å². The van der Waals surface area contributed by atoms with Crippen LogP contribution in [0.2, 0.25) is 0 Å². The number of anilines is 1. The first-order valence-electron chi connectivity index (χ1n) is 7.43. The van der Waals surface area contributed by atoms with Crippen molar-refractivity contribution in [1.82, 2.24) is 15.0 Å². The highest BCUT2D eigenvalue weighted by molar-refractivity contribution is 5.62. The molecule has 0 aliphatic carbocycles. The maximum Gasteiger partial charge on any atom is 0.133 e. The van der Waals surface area contributed by atoms with Crippen LogP contribution in [-0.2, 0) is 0 Å². The molecule has 110 valence electrons. The summed E-state index contributed by atoms with van der Waals surface area (Å²) in [6.45, 7) is 6.06. The molecule has 21 heavy (non-hydrogen) atoms. The van der Waals surface area contributed by atoms with Gasteiger partial charge in [0.2, 0.25) is 0 Å². The second-order valence-electron chi connectivity index (χ2n) is 5.85. The summed E-state index contributed by atoms with van der Waals surface area (Å²) in [6, 6.07) is 6.25. The molecule has 0 aromatic carbocycles. The standard InChI is InChI=1S/C16H21N5/c1-11(2)16-19-14(12-3-6-18-7-4-12)9-15(20-16)21-8-5-13(17)10-21/h3-4,6-7,9,11,13H,5,8,10,17H2,1-2H3. The minimum atomic E-state index is 0.242. The van der Waals surface area contributed by atoms with Gasteiger partial charge in [-0.25, -0.2) is 9.97 Å². The van der Waals surface area contributed by atoms with Crippen LogP contribution in [0.5, 0.6) is 0 Å². The van der Waals surface area contributed by atoms with E-state index in [1.165, 1.54) is 0 Å². The Morgan fingerprint density at radius 3 is 2.62 bits per heavy atom. The molecule has 3 rings (SSSR count). The maximum atomic E-state index is 6.02. The van der Waals surface area contributed by atoms with Crippen LogP contribution in [0.4, 0.5) is 5.82 Å². The summed E-state index contributed by atoms with van der Waals surface area (Å²) < 4.78 is 0. The van der Waals surface area contributed by atoms with Crippen molar-refractivity contribution in [2.45, 2.75) is 32.2 Å². The minimum Gasteiger partial charge on any atom is -0.355 e. The van der Waals surface area contributed by atoms with Crippen LogP contribution in [0.3, 0.4) is 0 Å². The summed E-state index contributed by atoms with van der Waals surface area (Å²) in [5.74, 6) is 2.15. The van der Waals surface area contributed by atoms with E-state index in [4.69, 9.17) is 15.7 Å². The van der Waals surface area contributed by atoms with Crippen molar-refractivity contribution in [3.8, 4) is 11.3 Å². The zero-order valence-electron chi connectivity index (χ0n) is 12.5. The Morgan fingerprint density at radius 2 is 2.00 bits per heavy atom. The summed E-state index contributed by atoms with van der Waals surface area (Å²) in [7, 11) is 0. The van der Waals surface area contributed by atoms with E-state index in [-0.39, 0.29) is 6.04 Å². The lowest BCUT2D eigenvalue weighted by atomic mass is 10.1. The Labute approximate surface area is 125 Å². The fourth-order valence-corrected chi connectivity index (χ4v) is 2.54. The smallest absolute Gasteiger partial charge is 0.133 e. The van der Waals surface area contributed by atoms with Gasteiger partial charge in [0.25, 0.3) is 0 Å². The van der Waals surface area contributed by atoms with Crippen molar-refractivity contribution in [1.29, 1.82) is 0 Å². The monoisotopic (exact) mass is 283 g/mol. The lowest BCUT2D eigenvalue weighted by Crippen LogP contribution is -2.27. The molecule has 1 fully saturated rings. The van der Waals surface area contributed by atoms with Gasteiger partial charge in [0.15, 0.2) is 0 Å². The molecule has 3 heterocycles. The van der Waals surface area contributed by atoms with Crippen LogP contribution >= 0.6 is 0 Å². The molecule has 5 nitrogen and oxygen atoms in total. The van der Waals surface area contributed by atoms with Gasteiger partial charge in [-0.15, -0.1) is 0 Å². The first kappa shape index (κ1) is 13.9. The minimum absolute atomic E-state index is 0.242. The number of hydrogen-bond donors (Lipinski definition) is 1. The zero-order chi connectivity index (χ0) is 14.8. The predicted octanol–water partition coefficient (Wildman–Crippen LogP) is 2.20. The summed E-state index contributed by atoms with van der Waals surface area (Å²) in [5, 5.41) is 0. The predicted molar refractivity (Wildman–Crippen MR) is 84.2 cm³/mol. The average Bonchev–Trinajstić information content (AvgIpc) is 2.94. The highest BCUT2D eigenvalue weighted by atomic mass is 15.2. The van der Waals surface area contributed by atoms with Gasteiger partial charge in [0.05, 0.1) is 5.69 Å². The average molecular weight is 283 g/mol. The number of aromatic nitrogens is 3. The van der Waals surface area contributed by atoms with Crippen LogP contribution in [-0.4, -0.2) is 34.1 Å². The number of hydrogen-bond acceptors (Lipinski definition) is 5. The van der Waals surface area contributed by atoms with Crippen LogP contribution in [0.1, 0.15) is 32.0 Å². The zero-order valence-corrected chi connectivity index (χ0v) is 12.5. The van der Waals surface area contributed by atoms with Gasteiger partial charge < -0.3 is 10.6 Å². The molecule has 0 radical (unpaired) electrons. The lowest BCUT2D eigenvalue weighted by Gasteiger charge is -2.19. The van der Waals surface area contributed by atoms with E-state index in [0.717, 1.165) is 42.4 Å². The van der Waals surface area contributed by atoms with Gasteiger partial charge >= 0.3 is 0 Å². The van der Waals surface area contributed by atoms with E-state index in [2.05, 4.69) is 29.8 Å². The van der Waals surface area contributed by atoms with Gasteiger partial charge in [0.1, 0.15) is 11.6 Å². The molecule has 2 aromatic heterocycles. The Kier molecular flexibility index (Phi) is 3.84. The third-order valence-electron chi connectivity index (χ3n) is 3.77. The van der Waals surface area contributed by atoms with E-state index in [1.54, 1.807) is 12.4 Å². The van der Waals surface area contributed by atoms with Crippen LogP contribution in [0.25, 0.3) is 11.3 Å². The first-order valence-corrected chi connectivity index (χ1v) is 7.43. The largest absolute Gasteiger partial charge is 0.355 e. The summed E-state index contributed by atoms with van der Waals surface area (Å²) >= 11 is 0. The van der Waals surface area contributed by atoms with E-state index in [1.807, 2.05) is 12.1 Å². The van der Waals surface area contributed by atoms with Gasteiger partial charge in [-0.2, -0.15) is 0 Å². The second-order valence-corrected chi connectivity index (χ2v) is 5.85. The molecule has 1 saturated heterocycles. The summed E-state index contributed by atoms with van der Waals surface area (Å²) in [4.78, 5) is 15.7. The first-order chi connectivity index (χ1) is 10.1. The van der Waals surface area contributed by atoms with E-state index in [0.29, 0.717) is 5.92 Å². The van der Waals surface area contributed by atoms with Gasteiger partial charge in [-0.3, -0.25) is 4.98 Å². The molecule has 0 spiro atoms. The van der Waals surface area contributed by atoms with E-state index in [9.17, 15) is 0 Å². The van der Waals surface area contributed by atoms with Crippen LogP contribution in [0.15, 0.2) is 30.6 Å². The third-order valence-corrected chi connectivity index (χ3v) is 3.77. The van der Waals surface area contributed by atoms with Crippen molar-refractivity contribution in [2.75, 3.05) is 18.0 Å². The molecule has 1 atom stereocenters. The molecule has 1 aliphatic rings. The summed E-state index contributed by atoms with van der Waals surface area (Å²) in [6.07, 6.45) is 4.60. The van der Waals surface area contributed by atoms with Crippen LogP contribution < -0.4 is 10.6 Å². The van der Waals surface area contributed by atoms with Crippen LogP contribution in [0, 0.1) is 0 Å². The van der Waals surface area contributed by atoms with Crippen molar-refractivity contribution in [3.05, 3.63) is 36.4 Å². The molecule has 0 bridgehead atoms. The number of nitrogens with two attached hydrogens (primary N) is 1. The molecular weight excluding hydrogens is 262 g/mol. The Bertz CT molecular complexity index is 611. The molecule has 2 aromatic rings. The van der Waals surface area contributed by atoms with Crippen molar-refractivity contribution < 1.29 is 0 Å². The number of pyridine rings is 1. The molecule has 0 amide bonds. The molecule has 1 aliphatic heterocycles. The van der Waals surface area contributed by atoms with Gasteiger partial charge in [-0.05, 0) is 18.6 Å². The topological polar surface area (TPSA) is 67.9 Å². The Balaban J connectivity index is 2.02. The normalized spacial score (nSPS) is 18.5. The quantitative estimate of drug-likeness (QED) is 0.935. The Morgan fingerprint density at radius 1 is 1.24 bits per heavy atom. The molecule has 1 unspecified atom stereocenters. The van der Waals surface area contributed by atoms with E-state index < -0.39 is 0 Å². The van der Waals surface area contributed by atoms with Gasteiger partial charge in [0, 0.05) is 49.1 Å². The third kappa shape index (κ3) is 3.03. The fourth-order valence-electron chi connectivity index (χ4n) is 2.54. The molecule has 2 N–H and O–H groups in total. The molecule has 0 saturated carbocycles. The van der Waals surface area contributed by atoms with Crippen molar-refractivity contribution >= 4 is 5.82 Å². The highest BCUT2D eigenvalue weighted by Gasteiger charge is 2.22. The van der Waals surface area contributed by atoms with Crippen molar-refractivity contribution in [2.24, 2.45) is 5.73 Å². The van der Waals surface area contributed by atoms with E-state index >= 15 is 0 Å². The van der Waals surface area contributed by atoms with Crippen molar-refractivity contribution in [3.63, 3.8) is 0 Å².